The van der Waals surface area contributed by atoms with Crippen molar-refractivity contribution in [3.8, 4) is 0 Å². The van der Waals surface area contributed by atoms with Gasteiger partial charge in [-0.25, -0.2) is 10.1 Å². The monoisotopic (exact) mass is 304 g/mol. The molecule has 0 spiro atoms. The number of ketones is 1. The van der Waals surface area contributed by atoms with Crippen LogP contribution in [0.25, 0.3) is 0 Å². The number of rotatable bonds is 12. The van der Waals surface area contributed by atoms with Crippen LogP contribution in [0.15, 0.2) is 30.3 Å². The summed E-state index contributed by atoms with van der Waals surface area (Å²) in [5, 5.41) is 4.11. The number of hydrogen-bond donors (Lipinski definition) is 0. The summed E-state index contributed by atoms with van der Waals surface area (Å²) >= 11 is 0. The third-order valence-corrected chi connectivity index (χ3v) is 3.37. The first-order valence-corrected chi connectivity index (χ1v) is 8.11. The van der Waals surface area contributed by atoms with Crippen molar-refractivity contribution < 1.29 is 14.3 Å². The Morgan fingerprint density at radius 1 is 1.00 bits per heavy atom. The van der Waals surface area contributed by atoms with Crippen molar-refractivity contribution in [2.45, 2.75) is 52.1 Å². The zero-order chi connectivity index (χ0) is 16.0. The normalized spacial score (nSPS) is 10.4. The lowest BCUT2D eigenvalue weighted by molar-refractivity contribution is -0.154. The Kier molecular flexibility index (Phi) is 9.96. The molecule has 0 atom stereocenters. The highest BCUT2D eigenvalue weighted by Gasteiger charge is 2.15. The zero-order valence-corrected chi connectivity index (χ0v) is 13.4. The Bertz CT molecular complexity index is 431. The zero-order valence-electron chi connectivity index (χ0n) is 13.4. The first kappa shape index (κ1) is 18.4. The number of Topliss-reactive ketones (excluding diaryl/α,β-unsaturated/α-hetero) is 1. The minimum Gasteiger partial charge on any atom is -0.455 e. The summed E-state index contributed by atoms with van der Waals surface area (Å²) in [4.78, 5) is 23.1. The molecule has 22 heavy (non-hydrogen) atoms. The fraction of sp³-hybridized carbons (Fsp3) is 0.556. The van der Waals surface area contributed by atoms with Gasteiger partial charge < -0.3 is 4.74 Å². The van der Waals surface area contributed by atoms with E-state index in [9.17, 15) is 9.59 Å². The summed E-state index contributed by atoms with van der Waals surface area (Å²) in [7, 11) is 0. The van der Waals surface area contributed by atoms with Crippen molar-refractivity contribution in [2.75, 3.05) is 13.1 Å². The fourth-order valence-electron chi connectivity index (χ4n) is 2.05. The van der Waals surface area contributed by atoms with Gasteiger partial charge in [-0.2, -0.15) is 0 Å². The maximum Gasteiger partial charge on any atom is 0.376 e. The predicted octanol–water partition coefficient (Wildman–Crippen LogP) is 3.26. The van der Waals surface area contributed by atoms with Gasteiger partial charge in [-0.05, 0) is 12.0 Å². The van der Waals surface area contributed by atoms with Gasteiger partial charge >= 0.3 is 5.97 Å². The molecule has 0 saturated carbocycles. The summed E-state index contributed by atoms with van der Waals surface area (Å²) in [6.07, 6.45) is 7.12. The number of carbonyl (C=O) groups excluding carboxylic acids is 2. The van der Waals surface area contributed by atoms with Crippen LogP contribution in [0.5, 0.6) is 0 Å². The second-order valence-electron chi connectivity index (χ2n) is 5.36. The summed E-state index contributed by atoms with van der Waals surface area (Å²) in [6, 6.07) is 9.31. The number of unbranched alkanes of at least 4 members (excludes halogenated alkanes) is 5. The van der Waals surface area contributed by atoms with E-state index in [1.807, 2.05) is 30.3 Å². The van der Waals surface area contributed by atoms with E-state index in [2.05, 4.69) is 12.2 Å². The molecule has 4 nitrogen and oxygen atoms in total. The molecule has 4 heteroatoms. The molecule has 0 saturated heterocycles. The first-order valence-electron chi connectivity index (χ1n) is 8.11. The van der Waals surface area contributed by atoms with E-state index in [-0.39, 0.29) is 13.2 Å². The third-order valence-electron chi connectivity index (χ3n) is 3.37. The van der Waals surface area contributed by atoms with Gasteiger partial charge in [0, 0.05) is 6.54 Å². The second kappa shape index (κ2) is 11.9. The SMILES string of the molecule is CCCCCCCC[N]CC(=O)C(=O)OCc1ccccc1. The fourth-order valence-corrected chi connectivity index (χ4v) is 2.05. The van der Waals surface area contributed by atoms with E-state index in [1.54, 1.807) is 0 Å². The molecule has 0 aromatic heterocycles. The molecule has 1 aromatic rings. The number of esters is 1. The van der Waals surface area contributed by atoms with Gasteiger partial charge in [-0.3, -0.25) is 4.79 Å². The smallest absolute Gasteiger partial charge is 0.376 e. The quantitative estimate of drug-likeness (QED) is 0.338. The van der Waals surface area contributed by atoms with E-state index in [1.165, 1.54) is 25.7 Å². The third kappa shape index (κ3) is 8.57. The highest BCUT2D eigenvalue weighted by molar-refractivity contribution is 6.34. The summed E-state index contributed by atoms with van der Waals surface area (Å²) < 4.78 is 4.96. The average molecular weight is 304 g/mol. The molecule has 1 rings (SSSR count). The van der Waals surface area contributed by atoms with Crippen LogP contribution in [0.4, 0.5) is 0 Å². The van der Waals surface area contributed by atoms with Crippen LogP contribution in [0.3, 0.4) is 0 Å². The van der Waals surface area contributed by atoms with E-state index in [0.29, 0.717) is 6.54 Å². The largest absolute Gasteiger partial charge is 0.455 e. The number of ether oxygens (including phenoxy) is 1. The van der Waals surface area contributed by atoms with Crippen LogP contribution in [0, 0.1) is 0 Å². The van der Waals surface area contributed by atoms with Crippen LogP contribution < -0.4 is 5.32 Å². The highest BCUT2D eigenvalue weighted by Crippen LogP contribution is 2.04. The van der Waals surface area contributed by atoms with Crippen molar-refractivity contribution in [1.29, 1.82) is 0 Å². The minimum absolute atomic E-state index is 0.0669. The molecule has 0 amide bonds. The van der Waals surface area contributed by atoms with Crippen LogP contribution in [-0.2, 0) is 20.9 Å². The van der Waals surface area contributed by atoms with Crippen molar-refractivity contribution in [3.63, 3.8) is 0 Å². The molecule has 1 radical (unpaired) electrons. The van der Waals surface area contributed by atoms with Crippen LogP contribution >= 0.6 is 0 Å². The van der Waals surface area contributed by atoms with Crippen molar-refractivity contribution in [1.82, 2.24) is 5.32 Å². The van der Waals surface area contributed by atoms with Crippen molar-refractivity contribution in [2.24, 2.45) is 0 Å². The van der Waals surface area contributed by atoms with Crippen LogP contribution in [-0.4, -0.2) is 24.8 Å². The maximum absolute atomic E-state index is 11.6. The topological polar surface area (TPSA) is 57.5 Å². The van der Waals surface area contributed by atoms with E-state index in [4.69, 9.17) is 4.74 Å². The molecule has 0 aliphatic carbocycles. The maximum atomic E-state index is 11.6. The van der Waals surface area contributed by atoms with Gasteiger partial charge in [0.1, 0.15) is 6.61 Å². The van der Waals surface area contributed by atoms with Gasteiger partial charge in [-0.1, -0.05) is 69.4 Å². The van der Waals surface area contributed by atoms with Gasteiger partial charge in [0.2, 0.25) is 0 Å². The lowest BCUT2D eigenvalue weighted by atomic mass is 10.1. The predicted molar refractivity (Wildman–Crippen MR) is 86.5 cm³/mol. The lowest BCUT2D eigenvalue weighted by Crippen LogP contribution is -2.26. The molecular weight excluding hydrogens is 278 g/mol. The summed E-state index contributed by atoms with van der Waals surface area (Å²) in [5.74, 6) is -1.36. The van der Waals surface area contributed by atoms with Crippen LogP contribution in [0.1, 0.15) is 51.0 Å². The molecule has 0 heterocycles. The van der Waals surface area contributed by atoms with E-state index >= 15 is 0 Å². The molecule has 1 aromatic carbocycles. The summed E-state index contributed by atoms with van der Waals surface area (Å²) in [6.45, 7) is 2.90. The Labute approximate surface area is 133 Å². The Balaban J connectivity index is 2.03. The van der Waals surface area contributed by atoms with Gasteiger partial charge in [0.25, 0.3) is 5.78 Å². The molecule has 0 aliphatic rings. The average Bonchev–Trinajstić information content (AvgIpc) is 2.55. The molecule has 0 fully saturated rings. The molecule has 0 N–H and O–H groups in total. The van der Waals surface area contributed by atoms with Crippen molar-refractivity contribution in [3.05, 3.63) is 35.9 Å². The molecule has 0 unspecified atom stereocenters. The standard InChI is InChI=1S/C18H26NO3/c1-2-3-4-5-6-10-13-19-14-17(20)18(21)22-15-16-11-8-7-9-12-16/h7-9,11-12H,2-6,10,13-15H2,1H3. The number of nitrogens with zero attached hydrogens (tertiary/aromatic N) is 1. The van der Waals surface area contributed by atoms with Crippen LogP contribution in [0.2, 0.25) is 0 Å². The Morgan fingerprint density at radius 2 is 1.68 bits per heavy atom. The highest BCUT2D eigenvalue weighted by atomic mass is 16.5. The lowest BCUT2D eigenvalue weighted by Gasteiger charge is -2.04. The molecule has 0 bridgehead atoms. The van der Waals surface area contributed by atoms with E-state index in [0.717, 1.165) is 18.4 Å². The van der Waals surface area contributed by atoms with Gasteiger partial charge in [-0.15, -0.1) is 0 Å². The number of carbonyl (C=O) groups is 2. The van der Waals surface area contributed by atoms with Gasteiger partial charge in [0.05, 0.1) is 6.54 Å². The first-order chi connectivity index (χ1) is 10.7. The minimum atomic E-state index is -0.796. The van der Waals surface area contributed by atoms with E-state index < -0.39 is 11.8 Å². The number of benzene rings is 1. The van der Waals surface area contributed by atoms with Crippen molar-refractivity contribution >= 4 is 11.8 Å². The summed E-state index contributed by atoms with van der Waals surface area (Å²) in [5.41, 5.74) is 0.868. The van der Waals surface area contributed by atoms with Gasteiger partial charge in [0.15, 0.2) is 0 Å². The Morgan fingerprint density at radius 3 is 2.41 bits per heavy atom. The molecule has 121 valence electrons. The number of hydrogen-bond acceptors (Lipinski definition) is 3. The Hall–Kier alpha value is -1.68. The molecule has 0 aliphatic heterocycles. The second-order valence-corrected chi connectivity index (χ2v) is 5.36. The molecular formula is C18H26NO3.